The van der Waals surface area contributed by atoms with Gasteiger partial charge < -0.3 is 4.74 Å². The van der Waals surface area contributed by atoms with E-state index >= 15 is 0 Å². The molecule has 0 radical (unpaired) electrons. The first kappa shape index (κ1) is 16.7. The van der Waals surface area contributed by atoms with E-state index in [-0.39, 0.29) is 23.4 Å². The van der Waals surface area contributed by atoms with E-state index in [0.29, 0.717) is 11.7 Å². The number of carbonyl (C=O) groups is 1. The average molecular weight is 348 g/mol. The Hall–Kier alpha value is -3.16. The van der Waals surface area contributed by atoms with Gasteiger partial charge in [0.05, 0.1) is 16.8 Å². The molecule has 1 aromatic carbocycles. The number of benzene rings is 1. The summed E-state index contributed by atoms with van der Waals surface area (Å²) < 4.78 is 44.3. The molecule has 0 aliphatic heterocycles. The highest BCUT2D eigenvalue weighted by Gasteiger charge is 2.31. The van der Waals surface area contributed by atoms with Gasteiger partial charge in [0.15, 0.2) is 0 Å². The molecule has 0 saturated heterocycles. The van der Waals surface area contributed by atoms with Crippen molar-refractivity contribution in [3.8, 4) is 0 Å². The summed E-state index contributed by atoms with van der Waals surface area (Å²) >= 11 is 0. The zero-order valence-electron chi connectivity index (χ0n) is 12.7. The number of alkyl halides is 3. The second-order valence-corrected chi connectivity index (χ2v) is 5.17. The average Bonchev–Trinajstić information content (AvgIpc) is 2.59. The second-order valence-electron chi connectivity index (χ2n) is 5.17. The van der Waals surface area contributed by atoms with Crippen LogP contribution in [0.5, 0.6) is 0 Å². The predicted molar refractivity (Wildman–Crippen MR) is 82.0 cm³/mol. The molecule has 0 spiro atoms. The third kappa shape index (κ3) is 3.68. The Balaban J connectivity index is 1.78. The number of aromatic nitrogens is 2. The minimum absolute atomic E-state index is 0.205. The summed E-state index contributed by atoms with van der Waals surface area (Å²) in [4.78, 5) is 28.0. The molecule has 128 valence electrons. The number of pyridine rings is 1. The van der Waals surface area contributed by atoms with Crippen molar-refractivity contribution in [3.05, 3.63) is 81.9 Å². The Morgan fingerprint density at radius 1 is 1.12 bits per heavy atom. The molecule has 3 aromatic rings. The smallest absolute Gasteiger partial charge is 0.416 e. The van der Waals surface area contributed by atoms with Gasteiger partial charge in [-0.1, -0.05) is 12.1 Å². The summed E-state index contributed by atoms with van der Waals surface area (Å²) in [6.07, 6.45) is -3.01. The Bertz CT molecular complexity index is 996. The largest absolute Gasteiger partial charge is 0.456 e. The monoisotopic (exact) mass is 348 g/mol. The molecule has 0 aliphatic rings. The quantitative estimate of drug-likeness (QED) is 0.683. The maximum atomic E-state index is 12.7. The van der Waals surface area contributed by atoms with Crippen LogP contribution < -0.4 is 5.56 Å². The first-order valence-electron chi connectivity index (χ1n) is 7.16. The third-order valence-electron chi connectivity index (χ3n) is 3.40. The van der Waals surface area contributed by atoms with E-state index < -0.39 is 17.7 Å². The van der Waals surface area contributed by atoms with Crippen LogP contribution in [0, 0.1) is 0 Å². The van der Waals surface area contributed by atoms with Crippen molar-refractivity contribution in [2.24, 2.45) is 0 Å². The lowest BCUT2D eigenvalue weighted by Gasteiger charge is -2.09. The van der Waals surface area contributed by atoms with E-state index in [1.807, 2.05) is 0 Å². The fraction of sp³-hybridized carbons (Fsp3) is 0.118. The lowest BCUT2D eigenvalue weighted by Crippen LogP contribution is -2.16. The molecule has 2 heterocycles. The van der Waals surface area contributed by atoms with Gasteiger partial charge in [0.25, 0.3) is 5.56 Å². The molecule has 25 heavy (non-hydrogen) atoms. The molecule has 0 saturated carbocycles. The van der Waals surface area contributed by atoms with Crippen LogP contribution in [0.15, 0.2) is 59.5 Å². The number of esters is 1. The highest BCUT2D eigenvalue weighted by Crippen LogP contribution is 2.29. The maximum absolute atomic E-state index is 12.7. The third-order valence-corrected chi connectivity index (χ3v) is 3.40. The van der Waals surface area contributed by atoms with Crippen molar-refractivity contribution >= 4 is 11.6 Å². The van der Waals surface area contributed by atoms with E-state index in [2.05, 4.69) is 4.98 Å². The molecule has 0 bridgehead atoms. The Labute approximate surface area is 139 Å². The van der Waals surface area contributed by atoms with Crippen LogP contribution in [0.2, 0.25) is 0 Å². The Morgan fingerprint density at radius 3 is 2.68 bits per heavy atom. The molecule has 8 heteroatoms. The van der Waals surface area contributed by atoms with Crippen LogP contribution in [-0.4, -0.2) is 15.4 Å². The zero-order valence-corrected chi connectivity index (χ0v) is 12.7. The van der Waals surface area contributed by atoms with Crippen LogP contribution in [0.3, 0.4) is 0 Å². The minimum atomic E-state index is -4.55. The molecule has 0 amide bonds. The second kappa shape index (κ2) is 6.39. The number of hydrogen-bond acceptors (Lipinski definition) is 4. The molecular formula is C17H11F3N2O3. The van der Waals surface area contributed by atoms with E-state index in [1.54, 1.807) is 24.4 Å². The van der Waals surface area contributed by atoms with Gasteiger partial charge in [-0.25, -0.2) is 9.78 Å². The molecule has 0 unspecified atom stereocenters. The normalized spacial score (nSPS) is 11.5. The zero-order chi connectivity index (χ0) is 18.0. The summed E-state index contributed by atoms with van der Waals surface area (Å²) in [7, 11) is 0. The number of rotatable bonds is 3. The lowest BCUT2D eigenvalue weighted by molar-refractivity contribution is -0.137. The molecule has 0 aliphatic carbocycles. The number of fused-ring (bicyclic) bond motifs is 1. The van der Waals surface area contributed by atoms with Crippen LogP contribution >= 0.6 is 0 Å². The Kier molecular flexibility index (Phi) is 4.26. The molecule has 0 atom stereocenters. The van der Waals surface area contributed by atoms with Gasteiger partial charge in [-0.3, -0.25) is 9.20 Å². The van der Waals surface area contributed by atoms with Crippen molar-refractivity contribution < 1.29 is 22.7 Å². The van der Waals surface area contributed by atoms with E-state index in [4.69, 9.17) is 4.74 Å². The molecular weight excluding hydrogens is 337 g/mol. The van der Waals surface area contributed by atoms with Gasteiger partial charge in [0.1, 0.15) is 12.3 Å². The molecule has 3 rings (SSSR count). The minimum Gasteiger partial charge on any atom is -0.456 e. The highest BCUT2D eigenvalue weighted by atomic mass is 19.4. The fourth-order valence-corrected chi connectivity index (χ4v) is 2.22. The number of ether oxygens (including phenoxy) is 1. The van der Waals surface area contributed by atoms with Gasteiger partial charge in [-0.05, 0) is 30.3 Å². The van der Waals surface area contributed by atoms with Gasteiger partial charge in [-0.2, -0.15) is 13.2 Å². The standard InChI is InChI=1S/C17H11F3N2O3/c18-17(19,20)12-5-3-4-11(8-12)16(24)25-10-13-9-15(23)22-7-2-1-6-14(22)21-13/h1-9H,10H2. The van der Waals surface area contributed by atoms with Crippen molar-refractivity contribution in [2.75, 3.05) is 0 Å². The van der Waals surface area contributed by atoms with Crippen molar-refractivity contribution in [1.82, 2.24) is 9.38 Å². The topological polar surface area (TPSA) is 60.7 Å². The highest BCUT2D eigenvalue weighted by molar-refractivity contribution is 5.89. The van der Waals surface area contributed by atoms with Crippen LogP contribution in [0.25, 0.3) is 5.65 Å². The lowest BCUT2D eigenvalue weighted by atomic mass is 10.1. The summed E-state index contributed by atoms with van der Waals surface area (Å²) in [5.41, 5.74) is -0.941. The van der Waals surface area contributed by atoms with Crippen molar-refractivity contribution in [2.45, 2.75) is 12.8 Å². The molecule has 5 nitrogen and oxygen atoms in total. The molecule has 0 N–H and O–H groups in total. The van der Waals surface area contributed by atoms with Crippen molar-refractivity contribution in [1.29, 1.82) is 0 Å². The van der Waals surface area contributed by atoms with E-state index in [0.717, 1.165) is 12.1 Å². The summed E-state index contributed by atoms with van der Waals surface area (Å²) in [5.74, 6) is -0.929. The molecule has 0 fully saturated rings. The first-order valence-corrected chi connectivity index (χ1v) is 7.16. The first-order chi connectivity index (χ1) is 11.8. The van der Waals surface area contributed by atoms with Crippen molar-refractivity contribution in [3.63, 3.8) is 0 Å². The number of halogens is 3. The van der Waals surface area contributed by atoms with Gasteiger partial charge in [0.2, 0.25) is 0 Å². The van der Waals surface area contributed by atoms with Gasteiger partial charge >= 0.3 is 12.1 Å². The number of carbonyl (C=O) groups excluding carboxylic acids is 1. The number of nitrogens with zero attached hydrogens (tertiary/aromatic N) is 2. The van der Waals surface area contributed by atoms with Gasteiger partial charge in [0, 0.05) is 12.3 Å². The van der Waals surface area contributed by atoms with Crippen LogP contribution in [0.4, 0.5) is 13.2 Å². The summed E-state index contributed by atoms with van der Waals surface area (Å²) in [6.45, 7) is -0.324. The van der Waals surface area contributed by atoms with Gasteiger partial charge in [-0.15, -0.1) is 0 Å². The van der Waals surface area contributed by atoms with E-state index in [1.165, 1.54) is 16.5 Å². The summed E-state index contributed by atoms with van der Waals surface area (Å²) in [6, 6.07) is 10.1. The summed E-state index contributed by atoms with van der Waals surface area (Å²) in [5, 5.41) is 0. The SMILES string of the molecule is O=C(OCc1cc(=O)n2ccccc2n1)c1cccc(C(F)(F)F)c1. The maximum Gasteiger partial charge on any atom is 0.416 e. The fourth-order valence-electron chi connectivity index (χ4n) is 2.22. The van der Waals surface area contributed by atoms with Crippen LogP contribution in [0.1, 0.15) is 21.6 Å². The van der Waals surface area contributed by atoms with Crippen LogP contribution in [-0.2, 0) is 17.5 Å². The number of hydrogen-bond donors (Lipinski definition) is 0. The van der Waals surface area contributed by atoms with E-state index in [9.17, 15) is 22.8 Å². The predicted octanol–water partition coefficient (Wildman–Crippen LogP) is 3.07. The Morgan fingerprint density at radius 2 is 1.92 bits per heavy atom. The molecule has 2 aromatic heterocycles.